The van der Waals surface area contributed by atoms with Crippen LogP contribution in [-0.2, 0) is 4.79 Å². The first-order chi connectivity index (χ1) is 11.4. The normalized spacial score (nSPS) is 15.9. The van der Waals surface area contributed by atoms with Crippen LogP contribution in [0.15, 0.2) is 29.7 Å². The summed E-state index contributed by atoms with van der Waals surface area (Å²) in [5, 5.41) is 23.4. The van der Waals surface area contributed by atoms with E-state index in [1.807, 2.05) is 0 Å². The third kappa shape index (κ3) is 3.57. The Kier molecular flexibility index (Phi) is 5.58. The fourth-order valence-electron chi connectivity index (χ4n) is 2.01. The van der Waals surface area contributed by atoms with Gasteiger partial charge in [0.25, 0.3) is 11.6 Å². The molecule has 1 amide bonds. The van der Waals surface area contributed by atoms with Crippen molar-refractivity contribution in [1.29, 1.82) is 0 Å². The number of hydrogen-bond acceptors (Lipinski definition) is 7. The lowest BCUT2D eigenvalue weighted by Crippen LogP contribution is -2.27. The lowest BCUT2D eigenvalue weighted by Gasteiger charge is -2.17. The number of hydrogen-bond donors (Lipinski definition) is 0. The number of carbonyl (C=O) groups excluding carboxylic acids is 1. The first-order valence-electron chi connectivity index (χ1n) is 6.87. The molecule has 1 heterocycles. The quantitative estimate of drug-likeness (QED) is 0.251. The number of amides is 1. The maximum Gasteiger partial charge on any atom is 0.273 e. The Bertz CT molecular complexity index is 760. The minimum Gasteiger partial charge on any atom is -0.870 e. The second-order valence-electron chi connectivity index (χ2n) is 4.63. The molecule has 126 valence electrons. The fraction of sp³-hybridized carbons (Fsp3) is 0.200. The number of non-ortho nitro benzene ring substituents is 1. The molecule has 0 bridgehead atoms. The minimum atomic E-state index is -0.623. The molecular formula is C15H13N2O5S2-. The number of thioether (sulfide) groups is 1. The average molecular weight is 365 g/mol. The van der Waals surface area contributed by atoms with Gasteiger partial charge in [0.05, 0.1) is 22.5 Å². The Morgan fingerprint density at radius 2 is 2.21 bits per heavy atom. The zero-order chi connectivity index (χ0) is 17.9. The maximum absolute atomic E-state index is 12.3. The second-order valence-corrected chi connectivity index (χ2v) is 6.31. The molecular weight excluding hydrogens is 352 g/mol. The van der Waals surface area contributed by atoms with E-state index in [1.54, 1.807) is 6.92 Å². The van der Waals surface area contributed by atoms with Gasteiger partial charge in [-0.3, -0.25) is 19.8 Å². The van der Waals surface area contributed by atoms with Gasteiger partial charge in [0.15, 0.2) is 0 Å². The molecule has 2 rings (SSSR count). The summed E-state index contributed by atoms with van der Waals surface area (Å²) in [4.78, 5) is 24.3. The third-order valence-corrected chi connectivity index (χ3v) is 4.43. The smallest absolute Gasteiger partial charge is 0.273 e. The van der Waals surface area contributed by atoms with Crippen LogP contribution in [0.3, 0.4) is 0 Å². The Labute approximate surface area is 147 Å². The first kappa shape index (κ1) is 18.0. The molecule has 9 heteroatoms. The standard InChI is InChI=1S/C15H14N2O5S2/c1-3-5-16-14(19)12(24-15(16)23)7-9-6-10(17(20)21)8-11(13(9)18)22-4-2/h3,6-8,18H,1,4-5H2,2H3/p-1/b12-7-. The van der Waals surface area contributed by atoms with Gasteiger partial charge in [-0.25, -0.2) is 0 Å². The topological polar surface area (TPSA) is 95.7 Å². The summed E-state index contributed by atoms with van der Waals surface area (Å²) in [6.07, 6.45) is 2.84. The fourth-order valence-corrected chi connectivity index (χ4v) is 3.28. The molecule has 0 atom stereocenters. The lowest BCUT2D eigenvalue weighted by molar-refractivity contribution is -0.385. The van der Waals surface area contributed by atoms with Crippen molar-refractivity contribution >= 4 is 46.0 Å². The zero-order valence-electron chi connectivity index (χ0n) is 12.7. The minimum absolute atomic E-state index is 0.00625. The van der Waals surface area contributed by atoms with Crippen molar-refractivity contribution in [1.82, 2.24) is 4.90 Å². The Balaban J connectivity index is 2.48. The predicted molar refractivity (Wildman–Crippen MR) is 93.8 cm³/mol. The molecule has 1 aliphatic heterocycles. The number of nitro benzene ring substituents is 1. The highest BCUT2D eigenvalue weighted by Crippen LogP contribution is 2.38. The van der Waals surface area contributed by atoms with Crippen molar-refractivity contribution in [3.05, 3.63) is 45.4 Å². The number of benzene rings is 1. The molecule has 24 heavy (non-hydrogen) atoms. The number of nitrogens with zero attached hydrogens (tertiary/aromatic N) is 2. The number of rotatable bonds is 6. The summed E-state index contributed by atoms with van der Waals surface area (Å²) in [5.74, 6) is -1.01. The van der Waals surface area contributed by atoms with E-state index in [1.165, 1.54) is 17.1 Å². The predicted octanol–water partition coefficient (Wildman–Crippen LogP) is 2.45. The number of thiocarbonyl (C=S) groups is 1. The van der Waals surface area contributed by atoms with Crippen LogP contribution in [0.25, 0.3) is 6.08 Å². The summed E-state index contributed by atoms with van der Waals surface area (Å²) in [6.45, 7) is 5.67. The number of carbonyl (C=O) groups is 1. The summed E-state index contributed by atoms with van der Waals surface area (Å²) < 4.78 is 5.49. The molecule has 0 unspecified atom stereocenters. The summed E-state index contributed by atoms with van der Waals surface area (Å²) in [5.41, 5.74) is -0.280. The van der Waals surface area contributed by atoms with Crippen molar-refractivity contribution in [2.75, 3.05) is 13.2 Å². The number of nitro groups is 1. The van der Waals surface area contributed by atoms with Gasteiger partial charge in [-0.15, -0.1) is 6.58 Å². The second kappa shape index (κ2) is 7.45. The van der Waals surface area contributed by atoms with E-state index < -0.39 is 10.7 Å². The molecule has 0 aliphatic carbocycles. The van der Waals surface area contributed by atoms with Crippen molar-refractivity contribution < 1.29 is 19.6 Å². The van der Waals surface area contributed by atoms with Crippen LogP contribution >= 0.6 is 24.0 Å². The molecule has 0 saturated carbocycles. The molecule has 1 aromatic carbocycles. The van der Waals surface area contributed by atoms with E-state index >= 15 is 0 Å². The molecule has 1 aliphatic rings. The SMILES string of the molecule is C=CCN1C(=O)/C(=C/c2cc([N+](=O)[O-])cc(OCC)c2[O-])SC1=S. The van der Waals surface area contributed by atoms with Crippen LogP contribution in [0.5, 0.6) is 11.5 Å². The van der Waals surface area contributed by atoms with Gasteiger partial charge in [0.1, 0.15) is 10.1 Å². The van der Waals surface area contributed by atoms with Gasteiger partial charge >= 0.3 is 0 Å². The van der Waals surface area contributed by atoms with Crippen LogP contribution in [-0.4, -0.2) is 33.2 Å². The average Bonchev–Trinajstić information content (AvgIpc) is 2.79. The van der Waals surface area contributed by atoms with E-state index in [4.69, 9.17) is 17.0 Å². The van der Waals surface area contributed by atoms with Crippen molar-refractivity contribution in [2.45, 2.75) is 6.92 Å². The van der Waals surface area contributed by atoms with Crippen LogP contribution in [0.4, 0.5) is 5.69 Å². The van der Waals surface area contributed by atoms with Gasteiger partial charge in [0.2, 0.25) is 0 Å². The molecule has 1 fully saturated rings. The van der Waals surface area contributed by atoms with E-state index in [0.717, 1.165) is 23.9 Å². The maximum atomic E-state index is 12.3. The molecule has 0 spiro atoms. The van der Waals surface area contributed by atoms with E-state index in [0.29, 0.717) is 4.32 Å². The van der Waals surface area contributed by atoms with Gasteiger partial charge in [-0.1, -0.05) is 35.8 Å². The van der Waals surface area contributed by atoms with Gasteiger partial charge in [-0.05, 0) is 18.6 Å². The summed E-state index contributed by atoms with van der Waals surface area (Å²) >= 11 is 6.14. The van der Waals surface area contributed by atoms with Crippen LogP contribution in [0.2, 0.25) is 0 Å². The Hall–Kier alpha value is -2.39. The van der Waals surface area contributed by atoms with Crippen LogP contribution < -0.4 is 9.84 Å². The highest BCUT2D eigenvalue weighted by atomic mass is 32.2. The highest BCUT2D eigenvalue weighted by Gasteiger charge is 2.31. The van der Waals surface area contributed by atoms with E-state index in [9.17, 15) is 20.0 Å². The van der Waals surface area contributed by atoms with Gasteiger partial charge in [0, 0.05) is 12.6 Å². The van der Waals surface area contributed by atoms with Gasteiger partial charge < -0.3 is 9.84 Å². The molecule has 0 N–H and O–H groups in total. The Morgan fingerprint density at radius 1 is 1.50 bits per heavy atom. The van der Waals surface area contributed by atoms with Crippen molar-refractivity contribution in [3.63, 3.8) is 0 Å². The molecule has 0 aromatic heterocycles. The summed E-state index contributed by atoms with van der Waals surface area (Å²) in [7, 11) is 0. The first-order valence-corrected chi connectivity index (χ1v) is 8.10. The molecule has 1 saturated heterocycles. The zero-order valence-corrected chi connectivity index (χ0v) is 14.3. The molecule has 0 radical (unpaired) electrons. The lowest BCUT2D eigenvalue weighted by atomic mass is 10.1. The van der Waals surface area contributed by atoms with Crippen molar-refractivity contribution in [3.8, 4) is 11.5 Å². The van der Waals surface area contributed by atoms with Crippen LogP contribution in [0, 0.1) is 10.1 Å². The molecule has 1 aromatic rings. The third-order valence-electron chi connectivity index (χ3n) is 3.05. The highest BCUT2D eigenvalue weighted by molar-refractivity contribution is 8.26. The largest absolute Gasteiger partial charge is 0.870 e. The van der Waals surface area contributed by atoms with Crippen LogP contribution in [0.1, 0.15) is 12.5 Å². The Morgan fingerprint density at radius 3 is 2.79 bits per heavy atom. The van der Waals surface area contributed by atoms with E-state index in [-0.39, 0.29) is 41.0 Å². The monoisotopic (exact) mass is 365 g/mol. The summed E-state index contributed by atoms with van der Waals surface area (Å²) in [6, 6.07) is 2.19. The van der Waals surface area contributed by atoms with Gasteiger partial charge in [-0.2, -0.15) is 0 Å². The molecule has 7 nitrogen and oxygen atoms in total. The van der Waals surface area contributed by atoms with E-state index in [2.05, 4.69) is 6.58 Å². The van der Waals surface area contributed by atoms with Crippen molar-refractivity contribution in [2.24, 2.45) is 0 Å². The number of ether oxygens (including phenoxy) is 1.